The van der Waals surface area contributed by atoms with Crippen molar-refractivity contribution < 1.29 is 18.0 Å². The van der Waals surface area contributed by atoms with Crippen LogP contribution >= 0.6 is 0 Å². The van der Waals surface area contributed by atoms with Crippen molar-refractivity contribution in [3.05, 3.63) is 36.5 Å². The Kier molecular flexibility index (Phi) is 4.47. The third-order valence-electron chi connectivity index (χ3n) is 3.71. The predicted octanol–water partition coefficient (Wildman–Crippen LogP) is 0.982. The van der Waals surface area contributed by atoms with Gasteiger partial charge in [-0.1, -0.05) is 0 Å². The van der Waals surface area contributed by atoms with E-state index in [2.05, 4.69) is 15.1 Å². The first-order chi connectivity index (χ1) is 11.4. The van der Waals surface area contributed by atoms with Crippen LogP contribution in [0.5, 0.6) is 0 Å². The Balaban J connectivity index is 1.65. The number of aromatic nitrogens is 4. The van der Waals surface area contributed by atoms with E-state index in [1.165, 1.54) is 28.4 Å². The zero-order valence-electron chi connectivity index (χ0n) is 12.6. The van der Waals surface area contributed by atoms with E-state index in [-0.39, 0.29) is 32.1 Å². The van der Waals surface area contributed by atoms with Crippen molar-refractivity contribution in [1.29, 1.82) is 0 Å². The minimum atomic E-state index is -4.22. The topological polar surface area (TPSA) is 67.2 Å². The van der Waals surface area contributed by atoms with Crippen LogP contribution in [0.4, 0.5) is 13.2 Å². The number of carbonyl (C=O) groups is 1. The number of hydrogen-bond acceptors (Lipinski definition) is 5. The standard InChI is InChI=1S/C14H15F3N6O/c15-14(16,17)8-21-3-5-22(6-4-21)13(24)11-1-2-19-12(7-11)23-10-18-9-20-23/h1-2,7,9-10H,3-6,8H2. The van der Waals surface area contributed by atoms with Gasteiger partial charge in [0.15, 0.2) is 5.82 Å². The molecule has 1 aliphatic heterocycles. The molecule has 0 unspecified atom stereocenters. The SMILES string of the molecule is O=C(c1ccnc(-n2cncn2)c1)N1CCN(CC(F)(F)F)CC1. The fraction of sp³-hybridized carbons (Fsp3) is 0.429. The van der Waals surface area contributed by atoms with Crippen LogP contribution in [-0.2, 0) is 0 Å². The van der Waals surface area contributed by atoms with Crippen molar-refractivity contribution in [3.8, 4) is 5.82 Å². The number of rotatable bonds is 3. The lowest BCUT2D eigenvalue weighted by atomic mass is 10.2. The van der Waals surface area contributed by atoms with Gasteiger partial charge in [-0.2, -0.15) is 18.3 Å². The van der Waals surface area contributed by atoms with Crippen LogP contribution in [0.25, 0.3) is 5.82 Å². The predicted molar refractivity (Wildman–Crippen MR) is 77.6 cm³/mol. The number of piperazine rings is 1. The number of hydrogen-bond donors (Lipinski definition) is 0. The summed E-state index contributed by atoms with van der Waals surface area (Å²) in [7, 11) is 0. The second-order valence-corrected chi connectivity index (χ2v) is 5.43. The lowest BCUT2D eigenvalue weighted by Crippen LogP contribution is -2.50. The fourth-order valence-corrected chi connectivity index (χ4v) is 2.55. The summed E-state index contributed by atoms with van der Waals surface area (Å²) in [5.41, 5.74) is 0.416. The van der Waals surface area contributed by atoms with Gasteiger partial charge in [0.25, 0.3) is 5.91 Å². The summed E-state index contributed by atoms with van der Waals surface area (Å²) in [6.45, 7) is -0.0228. The monoisotopic (exact) mass is 340 g/mol. The van der Waals surface area contributed by atoms with E-state index in [1.807, 2.05) is 0 Å². The normalized spacial score (nSPS) is 16.4. The molecule has 0 N–H and O–H groups in total. The van der Waals surface area contributed by atoms with Crippen molar-refractivity contribution in [2.24, 2.45) is 0 Å². The molecule has 0 atom stereocenters. The minimum Gasteiger partial charge on any atom is -0.336 e. The van der Waals surface area contributed by atoms with Crippen LogP contribution in [0.3, 0.4) is 0 Å². The van der Waals surface area contributed by atoms with Crippen LogP contribution < -0.4 is 0 Å². The molecule has 0 aromatic carbocycles. The number of pyridine rings is 1. The first-order valence-electron chi connectivity index (χ1n) is 7.32. The molecule has 0 bridgehead atoms. The molecule has 3 heterocycles. The van der Waals surface area contributed by atoms with Crippen LogP contribution in [0.2, 0.25) is 0 Å². The van der Waals surface area contributed by atoms with Crippen LogP contribution in [0, 0.1) is 0 Å². The molecule has 24 heavy (non-hydrogen) atoms. The van der Waals surface area contributed by atoms with Gasteiger partial charge < -0.3 is 4.90 Å². The van der Waals surface area contributed by atoms with Gasteiger partial charge in [0.2, 0.25) is 0 Å². The molecule has 10 heteroatoms. The summed E-state index contributed by atoms with van der Waals surface area (Å²) in [5.74, 6) is 0.222. The lowest BCUT2D eigenvalue weighted by Gasteiger charge is -2.35. The van der Waals surface area contributed by atoms with Gasteiger partial charge in [0.1, 0.15) is 12.7 Å². The van der Waals surface area contributed by atoms with Crippen LogP contribution in [-0.4, -0.2) is 74.4 Å². The first kappa shape index (κ1) is 16.4. The van der Waals surface area contributed by atoms with Gasteiger partial charge in [0.05, 0.1) is 6.54 Å². The molecule has 1 aliphatic rings. The molecule has 2 aromatic heterocycles. The maximum absolute atomic E-state index is 12.5. The van der Waals surface area contributed by atoms with E-state index in [9.17, 15) is 18.0 Å². The Labute approximate surface area is 135 Å². The number of alkyl halides is 3. The largest absolute Gasteiger partial charge is 0.401 e. The fourth-order valence-electron chi connectivity index (χ4n) is 2.55. The summed E-state index contributed by atoms with van der Waals surface area (Å²) >= 11 is 0. The molecule has 2 aromatic rings. The van der Waals surface area contributed by atoms with E-state index >= 15 is 0 Å². The van der Waals surface area contributed by atoms with E-state index in [1.54, 1.807) is 17.0 Å². The van der Waals surface area contributed by atoms with E-state index < -0.39 is 12.7 Å². The van der Waals surface area contributed by atoms with Gasteiger partial charge in [0, 0.05) is 37.9 Å². The molecular formula is C14H15F3N6O. The number of amides is 1. The molecule has 1 saturated heterocycles. The van der Waals surface area contributed by atoms with E-state index in [0.29, 0.717) is 11.4 Å². The lowest BCUT2D eigenvalue weighted by molar-refractivity contribution is -0.148. The summed E-state index contributed by atoms with van der Waals surface area (Å²) in [4.78, 5) is 23.3. The van der Waals surface area contributed by atoms with Gasteiger partial charge in [-0.05, 0) is 12.1 Å². The Morgan fingerprint density at radius 1 is 1.21 bits per heavy atom. The minimum absolute atomic E-state index is 0.201. The average molecular weight is 340 g/mol. The summed E-state index contributed by atoms with van der Waals surface area (Å²) < 4.78 is 38.6. The van der Waals surface area contributed by atoms with Gasteiger partial charge >= 0.3 is 6.18 Å². The van der Waals surface area contributed by atoms with Crippen LogP contribution in [0.1, 0.15) is 10.4 Å². The maximum atomic E-state index is 12.5. The van der Waals surface area contributed by atoms with Gasteiger partial charge in [-0.25, -0.2) is 14.6 Å². The van der Waals surface area contributed by atoms with Crippen molar-refractivity contribution >= 4 is 5.91 Å². The quantitative estimate of drug-likeness (QED) is 0.833. The smallest absolute Gasteiger partial charge is 0.336 e. The first-order valence-corrected chi connectivity index (χ1v) is 7.32. The third kappa shape index (κ3) is 3.88. The van der Waals surface area contributed by atoms with E-state index in [4.69, 9.17) is 0 Å². The van der Waals surface area contributed by atoms with Crippen molar-refractivity contribution in [1.82, 2.24) is 29.5 Å². The molecule has 1 fully saturated rings. The average Bonchev–Trinajstić information content (AvgIpc) is 3.08. The van der Waals surface area contributed by atoms with Gasteiger partial charge in [-0.3, -0.25) is 9.69 Å². The molecule has 0 aliphatic carbocycles. The number of nitrogens with zero attached hydrogens (tertiary/aromatic N) is 6. The second-order valence-electron chi connectivity index (χ2n) is 5.43. The summed E-state index contributed by atoms with van der Waals surface area (Å²) in [5, 5.41) is 3.95. The van der Waals surface area contributed by atoms with Crippen molar-refractivity contribution in [2.75, 3.05) is 32.7 Å². The molecule has 0 radical (unpaired) electrons. The van der Waals surface area contributed by atoms with Crippen LogP contribution in [0.15, 0.2) is 31.0 Å². The highest BCUT2D eigenvalue weighted by Gasteiger charge is 2.33. The Morgan fingerprint density at radius 2 is 1.96 bits per heavy atom. The summed E-state index contributed by atoms with van der Waals surface area (Å²) in [6.07, 6.45) is 0.0939. The molecule has 0 spiro atoms. The highest BCUT2D eigenvalue weighted by molar-refractivity contribution is 5.94. The Bertz CT molecular complexity index is 695. The third-order valence-corrected chi connectivity index (χ3v) is 3.71. The molecule has 0 saturated carbocycles. The zero-order valence-corrected chi connectivity index (χ0v) is 12.6. The maximum Gasteiger partial charge on any atom is 0.401 e. The molecule has 1 amide bonds. The van der Waals surface area contributed by atoms with Gasteiger partial charge in [-0.15, -0.1) is 0 Å². The Morgan fingerprint density at radius 3 is 2.58 bits per heavy atom. The molecular weight excluding hydrogens is 325 g/mol. The summed E-state index contributed by atoms with van der Waals surface area (Å²) in [6, 6.07) is 3.16. The van der Waals surface area contributed by atoms with Crippen molar-refractivity contribution in [2.45, 2.75) is 6.18 Å². The second kappa shape index (κ2) is 6.56. The Hall–Kier alpha value is -2.49. The van der Waals surface area contributed by atoms with Crippen molar-refractivity contribution in [3.63, 3.8) is 0 Å². The number of halogens is 3. The highest BCUT2D eigenvalue weighted by Crippen LogP contribution is 2.18. The highest BCUT2D eigenvalue weighted by atomic mass is 19.4. The molecule has 3 rings (SSSR count). The number of carbonyl (C=O) groups excluding carboxylic acids is 1. The molecule has 128 valence electrons. The zero-order chi connectivity index (χ0) is 17.2. The van der Waals surface area contributed by atoms with E-state index in [0.717, 1.165) is 0 Å². The molecule has 7 nitrogen and oxygen atoms in total.